The molecule has 5 nitrogen and oxygen atoms in total. The second kappa shape index (κ2) is 7.83. The standard InChI is InChI=1S/C22H21N3O2/c1-4-11-23-21(26)16-7-5-6-8-19(16)25-22(27)18-13-15(3)24-20-10-9-14(2)12-17(18)20/h4-10,12-13H,1,11H2,2-3H3,(H,23,26)(H,25,27). The number of hydrogen-bond donors (Lipinski definition) is 2. The van der Waals surface area contributed by atoms with Gasteiger partial charge in [-0.05, 0) is 44.2 Å². The van der Waals surface area contributed by atoms with E-state index in [4.69, 9.17) is 0 Å². The first-order chi connectivity index (χ1) is 13.0. The number of aromatic nitrogens is 1. The third kappa shape index (κ3) is 4.03. The molecule has 3 rings (SSSR count). The minimum Gasteiger partial charge on any atom is -0.349 e. The molecule has 5 heteroatoms. The van der Waals surface area contributed by atoms with E-state index >= 15 is 0 Å². The van der Waals surface area contributed by atoms with Crippen molar-refractivity contribution in [1.82, 2.24) is 10.3 Å². The van der Waals surface area contributed by atoms with E-state index in [2.05, 4.69) is 22.2 Å². The van der Waals surface area contributed by atoms with E-state index in [1.54, 1.807) is 36.4 Å². The summed E-state index contributed by atoms with van der Waals surface area (Å²) in [7, 11) is 0. The van der Waals surface area contributed by atoms with Crippen LogP contribution in [0.3, 0.4) is 0 Å². The molecule has 2 N–H and O–H groups in total. The van der Waals surface area contributed by atoms with Crippen molar-refractivity contribution in [2.75, 3.05) is 11.9 Å². The fourth-order valence-corrected chi connectivity index (χ4v) is 2.90. The van der Waals surface area contributed by atoms with Crippen LogP contribution in [-0.4, -0.2) is 23.3 Å². The molecule has 0 aliphatic carbocycles. The molecule has 2 aromatic carbocycles. The predicted molar refractivity (Wildman–Crippen MR) is 108 cm³/mol. The van der Waals surface area contributed by atoms with Gasteiger partial charge in [0.15, 0.2) is 0 Å². The Hall–Kier alpha value is -3.47. The van der Waals surface area contributed by atoms with E-state index < -0.39 is 0 Å². The van der Waals surface area contributed by atoms with Crippen molar-refractivity contribution < 1.29 is 9.59 Å². The summed E-state index contributed by atoms with van der Waals surface area (Å²) >= 11 is 0. The second-order valence-corrected chi connectivity index (χ2v) is 6.33. The van der Waals surface area contributed by atoms with Gasteiger partial charge in [-0.3, -0.25) is 14.6 Å². The largest absolute Gasteiger partial charge is 0.349 e. The van der Waals surface area contributed by atoms with Crippen LogP contribution >= 0.6 is 0 Å². The normalized spacial score (nSPS) is 10.4. The molecule has 0 saturated heterocycles. The number of nitrogens with zero attached hydrogens (tertiary/aromatic N) is 1. The first-order valence-corrected chi connectivity index (χ1v) is 8.67. The highest BCUT2D eigenvalue weighted by atomic mass is 16.2. The highest BCUT2D eigenvalue weighted by Gasteiger charge is 2.16. The lowest BCUT2D eigenvalue weighted by Crippen LogP contribution is -2.25. The average molecular weight is 359 g/mol. The van der Waals surface area contributed by atoms with Crippen LogP contribution in [0.1, 0.15) is 32.0 Å². The van der Waals surface area contributed by atoms with Crippen molar-refractivity contribution in [2.24, 2.45) is 0 Å². The Morgan fingerprint density at radius 3 is 2.59 bits per heavy atom. The number of carbonyl (C=O) groups is 2. The fraction of sp³-hybridized carbons (Fsp3) is 0.136. The zero-order chi connectivity index (χ0) is 19.4. The Morgan fingerprint density at radius 1 is 1.04 bits per heavy atom. The van der Waals surface area contributed by atoms with E-state index in [1.165, 1.54) is 0 Å². The smallest absolute Gasteiger partial charge is 0.256 e. The van der Waals surface area contributed by atoms with Crippen LogP contribution in [0.25, 0.3) is 10.9 Å². The Labute approximate surface area is 158 Å². The van der Waals surface area contributed by atoms with Crippen molar-refractivity contribution in [2.45, 2.75) is 13.8 Å². The van der Waals surface area contributed by atoms with Gasteiger partial charge in [-0.2, -0.15) is 0 Å². The Balaban J connectivity index is 1.97. The number of fused-ring (bicyclic) bond motifs is 1. The molecule has 0 bridgehead atoms. The van der Waals surface area contributed by atoms with E-state index in [-0.39, 0.29) is 11.8 Å². The zero-order valence-corrected chi connectivity index (χ0v) is 15.4. The maximum atomic E-state index is 13.0. The minimum atomic E-state index is -0.278. The summed E-state index contributed by atoms with van der Waals surface area (Å²) in [4.78, 5) is 29.8. The number of anilines is 1. The molecule has 0 radical (unpaired) electrons. The molecule has 0 fully saturated rings. The number of carbonyl (C=O) groups excluding carboxylic acids is 2. The molecule has 1 aromatic heterocycles. The van der Waals surface area contributed by atoms with E-state index in [9.17, 15) is 9.59 Å². The quantitative estimate of drug-likeness (QED) is 0.676. The third-order valence-corrected chi connectivity index (χ3v) is 4.16. The van der Waals surface area contributed by atoms with Gasteiger partial charge in [-0.15, -0.1) is 6.58 Å². The lowest BCUT2D eigenvalue weighted by Gasteiger charge is -2.13. The van der Waals surface area contributed by atoms with Gasteiger partial charge in [-0.25, -0.2) is 0 Å². The first kappa shape index (κ1) is 18.3. The van der Waals surface area contributed by atoms with Crippen LogP contribution in [0.4, 0.5) is 5.69 Å². The summed E-state index contributed by atoms with van der Waals surface area (Å²) in [6.07, 6.45) is 1.60. The SMILES string of the molecule is C=CCNC(=O)c1ccccc1NC(=O)c1cc(C)nc2ccc(C)cc12. The van der Waals surface area contributed by atoms with Gasteiger partial charge < -0.3 is 10.6 Å². The lowest BCUT2D eigenvalue weighted by atomic mass is 10.0. The van der Waals surface area contributed by atoms with Gasteiger partial charge in [0.1, 0.15) is 0 Å². The summed E-state index contributed by atoms with van der Waals surface area (Å²) in [6.45, 7) is 7.77. The summed E-state index contributed by atoms with van der Waals surface area (Å²) < 4.78 is 0. The molecule has 0 unspecified atom stereocenters. The van der Waals surface area contributed by atoms with Gasteiger partial charge in [0.25, 0.3) is 11.8 Å². The molecule has 0 aliphatic heterocycles. The van der Waals surface area contributed by atoms with Crippen LogP contribution in [0.2, 0.25) is 0 Å². The number of amides is 2. The molecule has 2 amide bonds. The lowest BCUT2D eigenvalue weighted by molar-refractivity contribution is 0.0959. The summed E-state index contributed by atoms with van der Waals surface area (Å²) in [5.41, 5.74) is 3.96. The van der Waals surface area contributed by atoms with E-state index in [1.807, 2.05) is 32.0 Å². The van der Waals surface area contributed by atoms with Gasteiger partial charge in [0.2, 0.25) is 0 Å². The molecule has 0 saturated carbocycles. The molecular formula is C22H21N3O2. The summed E-state index contributed by atoms with van der Waals surface area (Å²) in [6, 6.07) is 14.5. The van der Waals surface area contributed by atoms with Crippen LogP contribution < -0.4 is 10.6 Å². The topological polar surface area (TPSA) is 71.1 Å². The molecule has 0 atom stereocenters. The van der Waals surface area contributed by atoms with Crippen molar-refractivity contribution in [1.29, 1.82) is 0 Å². The molecule has 0 aliphatic rings. The van der Waals surface area contributed by atoms with E-state index in [0.29, 0.717) is 23.4 Å². The molecule has 0 spiro atoms. The summed E-state index contributed by atoms with van der Waals surface area (Å²) in [5.74, 6) is -0.544. The van der Waals surface area contributed by atoms with Gasteiger partial charge >= 0.3 is 0 Å². The fourth-order valence-electron chi connectivity index (χ4n) is 2.90. The van der Waals surface area contributed by atoms with Crippen molar-refractivity contribution >= 4 is 28.4 Å². The molecule has 136 valence electrons. The number of aryl methyl sites for hydroxylation is 2. The Bertz CT molecular complexity index is 1040. The molecule has 27 heavy (non-hydrogen) atoms. The highest BCUT2D eigenvalue weighted by molar-refractivity contribution is 6.14. The zero-order valence-electron chi connectivity index (χ0n) is 15.4. The first-order valence-electron chi connectivity index (χ1n) is 8.67. The second-order valence-electron chi connectivity index (χ2n) is 6.33. The Morgan fingerprint density at radius 2 is 1.81 bits per heavy atom. The minimum absolute atomic E-state index is 0.266. The van der Waals surface area contributed by atoms with Gasteiger partial charge in [0, 0.05) is 17.6 Å². The average Bonchev–Trinajstić information content (AvgIpc) is 2.66. The van der Waals surface area contributed by atoms with Crippen LogP contribution in [0.5, 0.6) is 0 Å². The van der Waals surface area contributed by atoms with Crippen LogP contribution in [0.15, 0.2) is 61.2 Å². The van der Waals surface area contributed by atoms with Gasteiger partial charge in [0.05, 0.1) is 22.3 Å². The molecule has 1 heterocycles. The van der Waals surface area contributed by atoms with Crippen molar-refractivity contribution in [3.05, 3.63) is 83.6 Å². The number of benzene rings is 2. The maximum absolute atomic E-state index is 13.0. The third-order valence-electron chi connectivity index (χ3n) is 4.16. The van der Waals surface area contributed by atoms with Gasteiger partial charge in [-0.1, -0.05) is 29.8 Å². The monoisotopic (exact) mass is 359 g/mol. The highest BCUT2D eigenvalue weighted by Crippen LogP contribution is 2.22. The Kier molecular flexibility index (Phi) is 5.31. The van der Waals surface area contributed by atoms with Crippen molar-refractivity contribution in [3.63, 3.8) is 0 Å². The maximum Gasteiger partial charge on any atom is 0.256 e. The van der Waals surface area contributed by atoms with Crippen LogP contribution in [0, 0.1) is 13.8 Å². The number of nitrogens with one attached hydrogen (secondary N) is 2. The van der Waals surface area contributed by atoms with Crippen LogP contribution in [-0.2, 0) is 0 Å². The number of pyridine rings is 1. The number of hydrogen-bond acceptors (Lipinski definition) is 3. The number of para-hydroxylation sites is 1. The van der Waals surface area contributed by atoms with E-state index in [0.717, 1.165) is 22.2 Å². The van der Waals surface area contributed by atoms with Crippen molar-refractivity contribution in [3.8, 4) is 0 Å². The summed E-state index contributed by atoms with van der Waals surface area (Å²) in [5, 5.41) is 6.38. The molecule has 3 aromatic rings. The molecular weight excluding hydrogens is 338 g/mol. The predicted octanol–water partition coefficient (Wildman–Crippen LogP) is 4.02. The number of rotatable bonds is 5.